The minimum atomic E-state index is -2.74. The smallest absolute Gasteiger partial charge is 0.257 e. The van der Waals surface area contributed by atoms with Gasteiger partial charge in [-0.25, -0.2) is 23.4 Å². The Morgan fingerprint density at radius 2 is 1.94 bits per heavy atom. The number of hydrogen-bond donors (Lipinski definition) is 0. The molecule has 12 nitrogen and oxygen atoms in total. The first-order valence-corrected chi connectivity index (χ1v) is 16.0. The molecule has 0 saturated carbocycles. The number of aryl methyl sites for hydroxylation is 2. The molecule has 47 heavy (non-hydrogen) atoms. The predicted octanol–water partition coefficient (Wildman–Crippen LogP) is 4.22. The monoisotopic (exact) mass is 644 g/mol. The van der Waals surface area contributed by atoms with Crippen molar-refractivity contribution in [3.05, 3.63) is 42.5 Å². The molecule has 8 rings (SSSR count). The summed E-state index contributed by atoms with van der Waals surface area (Å²) in [4.78, 5) is 26.0. The third-order valence-corrected chi connectivity index (χ3v) is 9.77. The molecule has 0 aliphatic carbocycles. The number of hydrogen-bond acceptors (Lipinski definition) is 10. The van der Waals surface area contributed by atoms with Crippen molar-refractivity contribution >= 4 is 33.7 Å². The van der Waals surface area contributed by atoms with Gasteiger partial charge in [-0.1, -0.05) is 0 Å². The zero-order valence-electron chi connectivity index (χ0n) is 27.2. The van der Waals surface area contributed by atoms with E-state index < -0.39 is 5.92 Å². The van der Waals surface area contributed by atoms with Crippen molar-refractivity contribution in [1.29, 1.82) is 0 Å². The molecule has 3 atom stereocenters. The number of aromatic nitrogens is 7. The van der Waals surface area contributed by atoms with E-state index in [1.165, 1.54) is 0 Å². The Labute approximate surface area is 270 Å². The van der Waals surface area contributed by atoms with Gasteiger partial charge in [-0.2, -0.15) is 5.10 Å². The van der Waals surface area contributed by atoms with Gasteiger partial charge in [0.1, 0.15) is 11.3 Å². The van der Waals surface area contributed by atoms with Crippen molar-refractivity contribution in [1.82, 2.24) is 39.2 Å². The maximum atomic E-state index is 13.9. The van der Waals surface area contributed by atoms with Gasteiger partial charge >= 0.3 is 0 Å². The Morgan fingerprint density at radius 1 is 1.09 bits per heavy atom. The van der Waals surface area contributed by atoms with E-state index >= 15 is 0 Å². The molecule has 0 N–H and O–H groups in total. The highest BCUT2D eigenvalue weighted by atomic mass is 19.3. The highest BCUT2D eigenvalue weighted by Gasteiger charge is 2.41. The number of nitrogens with zero attached hydrogens (tertiary/aromatic N) is 10. The molecule has 5 aromatic heterocycles. The number of alkyl halides is 2. The van der Waals surface area contributed by atoms with Crippen LogP contribution in [0.5, 0.6) is 5.75 Å². The predicted molar refractivity (Wildman–Crippen MR) is 175 cm³/mol. The molecule has 0 aromatic carbocycles. The molecule has 3 saturated heterocycles. The zero-order chi connectivity index (χ0) is 32.6. The average molecular weight is 645 g/mol. The Bertz CT molecular complexity index is 1990. The van der Waals surface area contributed by atoms with Crippen LogP contribution in [0, 0.1) is 6.92 Å². The van der Waals surface area contributed by atoms with E-state index in [1.54, 1.807) is 19.5 Å². The second kappa shape index (κ2) is 11.1. The van der Waals surface area contributed by atoms with Crippen molar-refractivity contribution in [2.45, 2.75) is 51.3 Å². The Morgan fingerprint density at radius 3 is 2.66 bits per heavy atom. The molecule has 2 bridgehead atoms. The lowest BCUT2D eigenvalue weighted by molar-refractivity contribution is -0.0262. The number of methoxy groups -OCH3 is 1. The fourth-order valence-electron chi connectivity index (χ4n) is 7.41. The van der Waals surface area contributed by atoms with Gasteiger partial charge in [0.05, 0.1) is 60.9 Å². The van der Waals surface area contributed by atoms with Crippen LogP contribution in [0.2, 0.25) is 0 Å². The lowest BCUT2D eigenvalue weighted by Gasteiger charge is -2.41. The van der Waals surface area contributed by atoms with Crippen LogP contribution < -0.4 is 14.5 Å². The van der Waals surface area contributed by atoms with Crippen molar-refractivity contribution in [3.8, 4) is 22.8 Å². The fraction of sp³-hybridized carbons (Fsp3) is 0.485. The standard InChI is InChI=1S/C33H38F2N10O2/c1-19-15-42(8-9-43(19)18-33(3,34)35)32-40-30-27(41(32)4)12-29(39-31(30)44-16-22-10-21(44)17-47-22)45-26-11-25(38-20(2)23(26)14-37-45)24-13-36-7-6-28(24)46-5/h6-7,11-14,19,21-22H,8-10,15-18H2,1-5H3/t19-,21-,22-/m1/s1. The van der Waals surface area contributed by atoms with Crippen LogP contribution >= 0.6 is 0 Å². The number of imidazole rings is 1. The van der Waals surface area contributed by atoms with Crippen molar-refractivity contribution in [2.24, 2.45) is 7.05 Å². The SMILES string of the molecule is COc1ccncc1-c1cc2c(cnn2-c2cc3c(nc(N4CCN(CC(C)(F)F)[C@H](C)C4)n3C)c(N3C[C@H]4C[C@@H]3CO4)n2)c(C)n1. The fourth-order valence-corrected chi connectivity index (χ4v) is 7.41. The number of pyridine rings is 3. The molecule has 3 aliphatic heterocycles. The third-order valence-electron chi connectivity index (χ3n) is 9.77. The number of anilines is 2. The van der Waals surface area contributed by atoms with Crippen molar-refractivity contribution < 1.29 is 18.3 Å². The molecule has 0 spiro atoms. The summed E-state index contributed by atoms with van der Waals surface area (Å²) in [6, 6.07) is 6.03. The molecule has 5 aromatic rings. The molecule has 0 radical (unpaired) electrons. The van der Waals surface area contributed by atoms with E-state index in [2.05, 4.69) is 19.4 Å². The van der Waals surface area contributed by atoms with E-state index in [-0.39, 0.29) is 24.7 Å². The van der Waals surface area contributed by atoms with Gasteiger partial charge in [0.25, 0.3) is 5.92 Å². The largest absolute Gasteiger partial charge is 0.496 e. The van der Waals surface area contributed by atoms with Gasteiger partial charge in [-0.15, -0.1) is 0 Å². The minimum Gasteiger partial charge on any atom is -0.496 e. The summed E-state index contributed by atoms with van der Waals surface area (Å²) in [6.07, 6.45) is 6.41. The van der Waals surface area contributed by atoms with Gasteiger partial charge in [-0.05, 0) is 32.4 Å². The minimum absolute atomic E-state index is 0.0473. The highest BCUT2D eigenvalue weighted by molar-refractivity contribution is 5.92. The molecule has 3 fully saturated rings. The Balaban J connectivity index is 1.24. The van der Waals surface area contributed by atoms with Gasteiger partial charge in [-0.3, -0.25) is 14.9 Å². The van der Waals surface area contributed by atoms with Crippen LogP contribution in [0.1, 0.15) is 26.0 Å². The first kappa shape index (κ1) is 29.9. The van der Waals surface area contributed by atoms with Crippen LogP contribution in [0.3, 0.4) is 0 Å². The lowest BCUT2D eigenvalue weighted by atomic mass is 10.1. The quantitative estimate of drug-likeness (QED) is 0.256. The first-order valence-electron chi connectivity index (χ1n) is 16.0. The van der Waals surface area contributed by atoms with E-state index in [4.69, 9.17) is 29.5 Å². The van der Waals surface area contributed by atoms with Crippen LogP contribution in [0.4, 0.5) is 20.5 Å². The number of rotatable bonds is 7. The average Bonchev–Trinajstić information content (AvgIpc) is 3.85. The number of morpholine rings is 1. The van der Waals surface area contributed by atoms with Gasteiger partial charge < -0.3 is 23.8 Å². The number of fused-ring (bicyclic) bond motifs is 4. The molecular formula is C33H38F2N10O2. The molecule has 3 aliphatic rings. The molecule has 0 amide bonds. The van der Waals surface area contributed by atoms with Crippen LogP contribution in [0.25, 0.3) is 39.0 Å². The number of halogens is 2. The summed E-state index contributed by atoms with van der Waals surface area (Å²) >= 11 is 0. The van der Waals surface area contributed by atoms with Gasteiger partial charge in [0.2, 0.25) is 5.95 Å². The highest BCUT2D eigenvalue weighted by Crippen LogP contribution is 2.38. The molecule has 8 heterocycles. The Kier molecular flexibility index (Phi) is 7.06. The van der Waals surface area contributed by atoms with Crippen molar-refractivity contribution in [3.63, 3.8) is 0 Å². The topological polar surface area (TPSA) is 102 Å². The lowest BCUT2D eigenvalue weighted by Crippen LogP contribution is -2.55. The normalized spacial score (nSPS) is 21.9. The Hall–Kier alpha value is -4.43. The van der Waals surface area contributed by atoms with Crippen LogP contribution in [0.15, 0.2) is 36.8 Å². The summed E-state index contributed by atoms with van der Waals surface area (Å²) in [6.45, 7) is 7.85. The van der Waals surface area contributed by atoms with E-state index in [1.807, 2.05) is 54.9 Å². The summed E-state index contributed by atoms with van der Waals surface area (Å²) in [5.74, 6) is 0.216. The second-order valence-electron chi connectivity index (χ2n) is 13.1. The third kappa shape index (κ3) is 5.14. The zero-order valence-corrected chi connectivity index (χ0v) is 27.2. The molecule has 246 valence electrons. The number of ether oxygens (including phenoxy) is 2. The van der Waals surface area contributed by atoms with Crippen LogP contribution in [-0.2, 0) is 11.8 Å². The summed E-state index contributed by atoms with van der Waals surface area (Å²) < 4.78 is 43.2. The first-order chi connectivity index (χ1) is 22.6. The maximum Gasteiger partial charge on any atom is 0.257 e. The van der Waals surface area contributed by atoms with Crippen LogP contribution in [-0.4, -0.2) is 110 Å². The second-order valence-corrected chi connectivity index (χ2v) is 13.1. The summed E-state index contributed by atoms with van der Waals surface area (Å²) in [7, 11) is 3.65. The molecule has 14 heteroatoms. The molecule has 0 unspecified atom stereocenters. The number of piperazine rings is 1. The summed E-state index contributed by atoms with van der Waals surface area (Å²) in [5.41, 5.74) is 4.95. The van der Waals surface area contributed by atoms with Gasteiger partial charge in [0.15, 0.2) is 11.6 Å². The van der Waals surface area contributed by atoms with Gasteiger partial charge in [0, 0.05) is 75.7 Å². The summed E-state index contributed by atoms with van der Waals surface area (Å²) in [5, 5.41) is 5.74. The maximum absolute atomic E-state index is 13.9. The molecular weight excluding hydrogens is 606 g/mol. The van der Waals surface area contributed by atoms with E-state index in [9.17, 15) is 8.78 Å². The van der Waals surface area contributed by atoms with Crippen molar-refractivity contribution in [2.75, 3.05) is 56.2 Å². The van der Waals surface area contributed by atoms with E-state index in [0.29, 0.717) is 37.8 Å². The van der Waals surface area contributed by atoms with E-state index in [0.717, 1.165) is 70.5 Å².